The van der Waals surface area contributed by atoms with Gasteiger partial charge in [-0.05, 0) is 165 Å². The molecule has 450 valence electrons. The molecule has 5 aliphatic carbocycles. The summed E-state index contributed by atoms with van der Waals surface area (Å²) in [6, 6.07) is 0. The van der Waals surface area contributed by atoms with E-state index in [0.717, 1.165) is 128 Å². The minimum Gasteiger partial charge on any atom is -0.481 e. The lowest BCUT2D eigenvalue weighted by Gasteiger charge is -2.23. The van der Waals surface area contributed by atoms with Crippen LogP contribution in [-0.4, -0.2) is 67.5 Å². The fourth-order valence-corrected chi connectivity index (χ4v) is 10.9. The highest BCUT2D eigenvalue weighted by Crippen LogP contribution is 2.53. The predicted octanol–water partition coefficient (Wildman–Crippen LogP) is 19.6. The first-order valence-corrected chi connectivity index (χ1v) is 33.8. The van der Waals surface area contributed by atoms with Crippen LogP contribution in [-0.2, 0) is 38.2 Å². The van der Waals surface area contributed by atoms with Gasteiger partial charge in [0.2, 0.25) is 0 Å². The molecule has 5 aliphatic rings. The van der Waals surface area contributed by atoms with E-state index in [0.29, 0.717) is 0 Å². The maximum Gasteiger partial charge on any atom is 0.312 e. The van der Waals surface area contributed by atoms with Gasteiger partial charge in [-0.3, -0.25) is 24.0 Å². The molecule has 0 heterocycles. The average Bonchev–Trinajstić information content (AvgIpc) is 4.10. The van der Waals surface area contributed by atoms with Crippen LogP contribution in [0.15, 0.2) is 0 Å². The van der Waals surface area contributed by atoms with E-state index in [1.165, 1.54) is 145 Å². The molecule has 0 aromatic heterocycles. The summed E-state index contributed by atoms with van der Waals surface area (Å²) in [5, 5.41) is 20.6. The van der Waals surface area contributed by atoms with Gasteiger partial charge in [0.1, 0.15) is 16.8 Å². The molecule has 0 radical (unpaired) electrons. The summed E-state index contributed by atoms with van der Waals surface area (Å²) in [5.41, 5.74) is -2.02. The van der Waals surface area contributed by atoms with Crippen LogP contribution in [0.3, 0.4) is 0 Å². The minimum atomic E-state index is -0.589. The standard InChI is InChI=1S/C27H48O4.C19H32O4.C11H22Br2.C8H14O2/c1-24(2,3)30-22(28)26(18-19-26)16-14-12-10-8-7-9-11-13-15-17-27(20-21-27)23(29)31-25(4,5)6;20-16(21)18(12-13-18)10-8-6-4-2-1-3-5-7-9-11-19(14-15-19)17(22)23;12-10-8-6-4-2-1-3-5-7-9-11-13;1-8(2,3)10-7(9)6-4-5-6/h7-21H2,1-6H3;1-15H2,(H,20,21)(H,22,23);1-11H2;6H,4-5H2,1-3H3. The van der Waals surface area contributed by atoms with Crippen molar-refractivity contribution >= 4 is 61.7 Å². The number of aliphatic carboxylic acids is 2. The van der Waals surface area contributed by atoms with Gasteiger partial charge in [0, 0.05) is 10.7 Å². The molecule has 0 aromatic rings. The van der Waals surface area contributed by atoms with Gasteiger partial charge in [-0.1, -0.05) is 192 Å². The number of alkyl halides is 2. The number of carbonyl (C=O) groups excluding carboxylic acids is 3. The van der Waals surface area contributed by atoms with Gasteiger partial charge < -0.3 is 24.4 Å². The van der Waals surface area contributed by atoms with E-state index >= 15 is 0 Å². The van der Waals surface area contributed by atoms with Crippen LogP contribution in [0.2, 0.25) is 0 Å². The van der Waals surface area contributed by atoms with Crippen LogP contribution in [0, 0.1) is 27.6 Å². The maximum atomic E-state index is 12.4. The zero-order chi connectivity index (χ0) is 57.5. The molecule has 12 heteroatoms. The Morgan fingerprint density at radius 1 is 0.351 bits per heavy atom. The highest BCUT2D eigenvalue weighted by Gasteiger charge is 2.53. The normalized spacial score (nSPS) is 17.9. The summed E-state index contributed by atoms with van der Waals surface area (Å²) in [6.07, 6.45) is 47.9. The first-order chi connectivity index (χ1) is 36.3. The van der Waals surface area contributed by atoms with Gasteiger partial charge in [0.25, 0.3) is 0 Å². The second kappa shape index (κ2) is 36.7. The van der Waals surface area contributed by atoms with Crippen LogP contribution >= 0.6 is 31.9 Å². The highest BCUT2D eigenvalue weighted by atomic mass is 79.9. The van der Waals surface area contributed by atoms with E-state index in [4.69, 9.17) is 24.4 Å². The van der Waals surface area contributed by atoms with Crippen molar-refractivity contribution in [1.82, 2.24) is 0 Å². The molecule has 0 atom stereocenters. The molecule has 77 heavy (non-hydrogen) atoms. The van der Waals surface area contributed by atoms with E-state index in [2.05, 4.69) is 31.9 Å². The summed E-state index contributed by atoms with van der Waals surface area (Å²) >= 11 is 6.91. The fraction of sp³-hybridized carbons (Fsp3) is 0.923. The summed E-state index contributed by atoms with van der Waals surface area (Å²) in [6.45, 7) is 17.4. The van der Waals surface area contributed by atoms with Gasteiger partial charge >= 0.3 is 29.8 Å². The molecular weight excluding hydrogens is 1100 g/mol. The third kappa shape index (κ3) is 34.4. The predicted molar refractivity (Wildman–Crippen MR) is 323 cm³/mol. The van der Waals surface area contributed by atoms with Crippen molar-refractivity contribution in [3.63, 3.8) is 0 Å². The van der Waals surface area contributed by atoms with Crippen LogP contribution in [0.4, 0.5) is 0 Å². The van der Waals surface area contributed by atoms with E-state index in [1.807, 2.05) is 62.3 Å². The molecule has 0 spiro atoms. The summed E-state index contributed by atoms with van der Waals surface area (Å²) in [4.78, 5) is 57.8. The Labute approximate surface area is 488 Å². The molecule has 0 aromatic carbocycles. The second-order valence-electron chi connectivity index (χ2n) is 27.5. The van der Waals surface area contributed by atoms with Crippen molar-refractivity contribution in [3.05, 3.63) is 0 Å². The minimum absolute atomic E-state index is 0.0208. The topological polar surface area (TPSA) is 154 Å². The summed E-state index contributed by atoms with van der Waals surface area (Å²) in [7, 11) is 0. The Hall–Kier alpha value is -1.69. The van der Waals surface area contributed by atoms with Gasteiger partial charge in [-0.2, -0.15) is 0 Å². The van der Waals surface area contributed by atoms with E-state index < -0.39 is 11.9 Å². The highest BCUT2D eigenvalue weighted by molar-refractivity contribution is 9.09. The van der Waals surface area contributed by atoms with Crippen molar-refractivity contribution in [1.29, 1.82) is 0 Å². The molecule has 2 N–H and O–H groups in total. The van der Waals surface area contributed by atoms with Crippen molar-refractivity contribution in [2.45, 2.75) is 342 Å². The fourth-order valence-electron chi connectivity index (χ4n) is 10.1. The van der Waals surface area contributed by atoms with E-state index in [-0.39, 0.29) is 62.3 Å². The number of halogens is 2. The largest absolute Gasteiger partial charge is 0.481 e. The lowest BCUT2D eigenvalue weighted by atomic mass is 9.96. The number of rotatable bonds is 39. The van der Waals surface area contributed by atoms with Gasteiger partial charge in [0.15, 0.2) is 0 Å². The number of carbonyl (C=O) groups is 5. The van der Waals surface area contributed by atoms with E-state index in [1.54, 1.807) is 0 Å². The maximum absolute atomic E-state index is 12.4. The van der Waals surface area contributed by atoms with Crippen molar-refractivity contribution in [2.24, 2.45) is 27.6 Å². The van der Waals surface area contributed by atoms with E-state index in [9.17, 15) is 24.0 Å². The molecule has 0 saturated heterocycles. The molecule has 0 unspecified atom stereocenters. The Morgan fingerprint density at radius 3 is 0.740 bits per heavy atom. The molecule has 0 amide bonds. The first-order valence-electron chi connectivity index (χ1n) is 31.6. The quantitative estimate of drug-likeness (QED) is 0.0263. The zero-order valence-corrected chi connectivity index (χ0v) is 54.1. The number of hydrogen-bond acceptors (Lipinski definition) is 8. The van der Waals surface area contributed by atoms with Crippen molar-refractivity contribution < 1.29 is 48.4 Å². The Balaban J connectivity index is 0.000000384. The number of hydrogen-bond donors (Lipinski definition) is 2. The number of ether oxygens (including phenoxy) is 3. The third-order valence-corrected chi connectivity index (χ3v) is 17.3. The van der Waals surface area contributed by atoms with Crippen LogP contribution in [0.1, 0.15) is 326 Å². The zero-order valence-electron chi connectivity index (χ0n) is 50.9. The van der Waals surface area contributed by atoms with Crippen LogP contribution < -0.4 is 0 Å². The van der Waals surface area contributed by atoms with Gasteiger partial charge in [0.05, 0.1) is 27.6 Å². The van der Waals surface area contributed by atoms with Crippen molar-refractivity contribution in [2.75, 3.05) is 10.7 Å². The summed E-state index contributed by atoms with van der Waals surface area (Å²) in [5.74, 6) is -0.923. The Morgan fingerprint density at radius 2 is 0.558 bits per heavy atom. The third-order valence-electron chi connectivity index (χ3n) is 16.2. The lowest BCUT2D eigenvalue weighted by Crippen LogP contribution is -2.29. The van der Waals surface area contributed by atoms with Crippen molar-refractivity contribution in [3.8, 4) is 0 Å². The molecule has 0 aliphatic heterocycles. The van der Waals surface area contributed by atoms with Gasteiger partial charge in [-0.25, -0.2) is 0 Å². The second-order valence-corrected chi connectivity index (χ2v) is 29.1. The SMILES string of the molecule is BrCCCCCCCCCCCBr.CC(C)(C)OC(=O)C1(CCCCCCCCCCCC2(C(=O)OC(C)(C)C)CC2)CC1.CC(C)(C)OC(=O)C1CC1.O=C(O)C1(CCCCCCCCCCCC2(C(=O)O)CC2)CC1. The molecule has 0 bridgehead atoms. The molecule has 5 rings (SSSR count). The first kappa shape index (κ1) is 71.4. The number of carboxylic acids is 2. The Kier molecular flexibility index (Phi) is 34.0. The molecular formula is C65H116Br2O10. The van der Waals surface area contributed by atoms with Crippen LogP contribution in [0.25, 0.3) is 0 Å². The molecule has 10 nitrogen and oxygen atoms in total. The average molecular weight is 1220 g/mol. The van der Waals surface area contributed by atoms with Crippen LogP contribution in [0.5, 0.6) is 0 Å². The lowest BCUT2D eigenvalue weighted by molar-refractivity contribution is -0.163. The monoisotopic (exact) mass is 1210 g/mol. The smallest absolute Gasteiger partial charge is 0.312 e. The van der Waals surface area contributed by atoms with Gasteiger partial charge in [-0.15, -0.1) is 0 Å². The molecule has 5 fully saturated rings. The Bertz CT molecular complexity index is 1550. The summed E-state index contributed by atoms with van der Waals surface area (Å²) < 4.78 is 16.3. The number of esters is 3. The number of carboxylic acid groups (broad SMARTS) is 2. The molecule has 5 saturated carbocycles. The number of unbranched alkanes of at least 4 members (excludes halogenated alkanes) is 24.